The third-order valence-corrected chi connectivity index (χ3v) is 6.13. The summed E-state index contributed by atoms with van der Waals surface area (Å²) in [6.45, 7) is 3.36. The molecular weight excluding hydrogens is 462 g/mol. The normalized spacial score (nSPS) is 11.0. The SMILES string of the molecule is Cc1c(Cl)c(C)[n+]([O-])c(Br)c1-c1nc(-c2cc(O)c(O)c([N+](=O)[O-])c2)cs1. The first kappa shape index (κ1) is 19.3. The number of nitrogens with zero attached hydrogens (tertiary/aromatic N) is 3. The van der Waals surface area contributed by atoms with Crippen LogP contribution in [-0.4, -0.2) is 20.1 Å². The first-order valence-corrected chi connectivity index (χ1v) is 9.42. The second kappa shape index (κ2) is 6.95. The Balaban J connectivity index is 2.17. The molecule has 2 heterocycles. The molecule has 0 spiro atoms. The van der Waals surface area contributed by atoms with Crippen LogP contribution in [0, 0.1) is 29.2 Å². The number of thiazole rings is 1. The van der Waals surface area contributed by atoms with Crippen molar-refractivity contribution in [1.29, 1.82) is 0 Å². The van der Waals surface area contributed by atoms with Crippen molar-refractivity contribution in [3.8, 4) is 33.3 Å². The lowest BCUT2D eigenvalue weighted by atomic mass is 10.1. The zero-order chi connectivity index (χ0) is 20.0. The highest BCUT2D eigenvalue weighted by molar-refractivity contribution is 9.10. The van der Waals surface area contributed by atoms with E-state index in [1.807, 2.05) is 0 Å². The molecule has 0 aliphatic heterocycles. The fourth-order valence-corrected chi connectivity index (χ4v) is 4.52. The average molecular weight is 473 g/mol. The smallest absolute Gasteiger partial charge is 0.315 e. The van der Waals surface area contributed by atoms with Crippen molar-refractivity contribution in [1.82, 2.24) is 4.98 Å². The summed E-state index contributed by atoms with van der Waals surface area (Å²) in [5.41, 5.74) is 1.48. The maximum absolute atomic E-state index is 12.2. The number of phenols is 2. The fraction of sp³-hybridized carbons (Fsp3) is 0.125. The zero-order valence-electron chi connectivity index (χ0n) is 13.9. The Morgan fingerprint density at radius 2 is 2.00 bits per heavy atom. The monoisotopic (exact) mass is 471 g/mol. The van der Waals surface area contributed by atoms with Gasteiger partial charge in [0.15, 0.2) is 5.75 Å². The van der Waals surface area contributed by atoms with Crippen molar-refractivity contribution >= 4 is 44.6 Å². The van der Waals surface area contributed by atoms with Gasteiger partial charge in [0.05, 0.1) is 16.2 Å². The molecule has 0 saturated carbocycles. The molecule has 2 aromatic heterocycles. The molecular formula is C16H11BrClN3O5S. The molecule has 140 valence electrons. The molecule has 3 rings (SSSR count). The predicted molar refractivity (Wildman–Crippen MR) is 104 cm³/mol. The number of nitro groups is 1. The van der Waals surface area contributed by atoms with Crippen molar-refractivity contribution in [3.05, 3.63) is 53.7 Å². The quantitative estimate of drug-likeness (QED) is 0.145. The van der Waals surface area contributed by atoms with Gasteiger partial charge in [0.1, 0.15) is 10.0 Å². The van der Waals surface area contributed by atoms with Crippen molar-refractivity contribution in [2.45, 2.75) is 13.8 Å². The Morgan fingerprint density at radius 3 is 2.63 bits per heavy atom. The van der Waals surface area contributed by atoms with Crippen LogP contribution in [0.1, 0.15) is 11.3 Å². The highest BCUT2D eigenvalue weighted by Crippen LogP contribution is 2.41. The first-order valence-electron chi connectivity index (χ1n) is 7.37. The van der Waals surface area contributed by atoms with Crippen LogP contribution in [0.4, 0.5) is 5.69 Å². The summed E-state index contributed by atoms with van der Waals surface area (Å²) in [6.07, 6.45) is 0. The number of benzene rings is 1. The lowest BCUT2D eigenvalue weighted by Gasteiger charge is -2.11. The Labute approximate surface area is 170 Å². The third-order valence-electron chi connectivity index (χ3n) is 3.99. The van der Waals surface area contributed by atoms with Crippen molar-refractivity contribution in [3.63, 3.8) is 0 Å². The Kier molecular flexibility index (Phi) is 4.98. The number of rotatable bonds is 3. The second-order valence-electron chi connectivity index (χ2n) is 5.64. The van der Waals surface area contributed by atoms with E-state index in [1.54, 1.807) is 19.2 Å². The molecule has 11 heteroatoms. The van der Waals surface area contributed by atoms with Crippen LogP contribution in [0.3, 0.4) is 0 Å². The summed E-state index contributed by atoms with van der Waals surface area (Å²) < 4.78 is 0.908. The summed E-state index contributed by atoms with van der Waals surface area (Å²) in [4.78, 5) is 14.7. The van der Waals surface area contributed by atoms with Gasteiger partial charge in [0.2, 0.25) is 11.4 Å². The maximum atomic E-state index is 12.2. The Morgan fingerprint density at radius 1 is 1.33 bits per heavy atom. The van der Waals surface area contributed by atoms with Gasteiger partial charge >= 0.3 is 5.69 Å². The third kappa shape index (κ3) is 3.20. The van der Waals surface area contributed by atoms with Crippen LogP contribution in [0.15, 0.2) is 22.1 Å². The standard InChI is InChI=1S/C16H11BrClN3O5S/c1-6-12(15(17)20(24)7(2)13(6)18)16-19-9(5-27-16)8-3-10(21(25)26)14(23)11(22)4-8/h3-5,22-23H,1-2H3. The number of aromatic nitrogens is 2. The van der Waals surface area contributed by atoms with E-state index >= 15 is 0 Å². The highest BCUT2D eigenvalue weighted by atomic mass is 79.9. The molecule has 3 aromatic rings. The van der Waals surface area contributed by atoms with Gasteiger partial charge < -0.3 is 15.4 Å². The highest BCUT2D eigenvalue weighted by Gasteiger charge is 2.25. The average Bonchev–Trinajstić information content (AvgIpc) is 3.10. The van der Waals surface area contributed by atoms with Crippen LogP contribution in [0.2, 0.25) is 5.02 Å². The molecule has 2 N–H and O–H groups in total. The van der Waals surface area contributed by atoms with Crippen molar-refractivity contribution in [2.24, 2.45) is 0 Å². The van der Waals surface area contributed by atoms with E-state index < -0.39 is 22.1 Å². The minimum Gasteiger partial charge on any atom is -0.618 e. The van der Waals surface area contributed by atoms with E-state index in [9.17, 15) is 25.5 Å². The number of aromatic hydroxyl groups is 2. The van der Waals surface area contributed by atoms with Gasteiger partial charge in [-0.15, -0.1) is 11.3 Å². The lowest BCUT2D eigenvalue weighted by Crippen LogP contribution is -2.33. The molecule has 8 nitrogen and oxygen atoms in total. The van der Waals surface area contributed by atoms with Gasteiger partial charge in [0.25, 0.3) is 4.60 Å². The minimum absolute atomic E-state index is 0.251. The summed E-state index contributed by atoms with van der Waals surface area (Å²) in [5.74, 6) is -1.43. The Bertz CT molecular complexity index is 1070. The summed E-state index contributed by atoms with van der Waals surface area (Å²) >= 11 is 10.7. The number of hydrogen-bond acceptors (Lipinski definition) is 7. The van der Waals surface area contributed by atoms with E-state index in [2.05, 4.69) is 20.9 Å². The van der Waals surface area contributed by atoms with Gasteiger partial charge in [0, 0.05) is 39.9 Å². The second-order valence-corrected chi connectivity index (χ2v) is 7.63. The van der Waals surface area contributed by atoms with Gasteiger partial charge in [-0.1, -0.05) is 11.6 Å². The Hall–Kier alpha value is -2.43. The molecule has 0 saturated heterocycles. The molecule has 0 atom stereocenters. The van der Waals surface area contributed by atoms with Gasteiger partial charge in [-0.05, 0) is 18.6 Å². The van der Waals surface area contributed by atoms with E-state index in [1.165, 1.54) is 17.4 Å². The summed E-state index contributed by atoms with van der Waals surface area (Å²) in [6, 6.07) is 2.30. The van der Waals surface area contributed by atoms with Crippen molar-refractivity contribution < 1.29 is 19.9 Å². The number of halogens is 2. The van der Waals surface area contributed by atoms with E-state index in [4.69, 9.17) is 11.6 Å². The van der Waals surface area contributed by atoms with Gasteiger partial charge in [-0.2, -0.15) is 4.73 Å². The molecule has 0 bridgehead atoms. The van der Waals surface area contributed by atoms with Gasteiger partial charge in [-0.25, -0.2) is 4.98 Å². The molecule has 0 amide bonds. The van der Waals surface area contributed by atoms with Crippen LogP contribution in [0.5, 0.6) is 11.5 Å². The van der Waals surface area contributed by atoms with Crippen LogP contribution >= 0.6 is 38.9 Å². The van der Waals surface area contributed by atoms with E-state index in [0.29, 0.717) is 37.3 Å². The van der Waals surface area contributed by atoms with Crippen LogP contribution in [0.25, 0.3) is 21.8 Å². The van der Waals surface area contributed by atoms with E-state index in [0.717, 1.165) is 6.07 Å². The molecule has 0 fully saturated rings. The largest absolute Gasteiger partial charge is 0.618 e. The molecule has 0 unspecified atom stereocenters. The minimum atomic E-state index is -0.810. The predicted octanol–water partition coefficient (Wildman–Crippen LogP) is 4.46. The summed E-state index contributed by atoms with van der Waals surface area (Å²) in [7, 11) is 0. The lowest BCUT2D eigenvalue weighted by molar-refractivity contribution is -0.623. The molecule has 0 aliphatic carbocycles. The molecule has 1 aromatic carbocycles. The topological polar surface area (TPSA) is 123 Å². The van der Waals surface area contributed by atoms with Crippen LogP contribution in [-0.2, 0) is 0 Å². The van der Waals surface area contributed by atoms with E-state index in [-0.39, 0.29) is 10.2 Å². The maximum Gasteiger partial charge on any atom is 0.315 e. The number of hydrogen-bond donors (Lipinski definition) is 2. The number of phenolic OH excluding ortho intramolecular Hbond substituents is 2. The molecule has 0 radical (unpaired) electrons. The van der Waals surface area contributed by atoms with Crippen LogP contribution < -0.4 is 4.73 Å². The molecule has 27 heavy (non-hydrogen) atoms. The fourth-order valence-electron chi connectivity index (χ4n) is 2.53. The number of pyridine rings is 1. The first-order chi connectivity index (χ1) is 12.6. The van der Waals surface area contributed by atoms with Gasteiger partial charge in [-0.3, -0.25) is 10.1 Å². The number of nitro benzene ring substituents is 1. The summed E-state index contributed by atoms with van der Waals surface area (Å²) in [5, 5.41) is 45.1. The molecule has 0 aliphatic rings. The zero-order valence-corrected chi connectivity index (χ0v) is 17.0. The van der Waals surface area contributed by atoms with Crippen molar-refractivity contribution in [2.75, 3.05) is 0 Å².